The summed E-state index contributed by atoms with van der Waals surface area (Å²) in [4.78, 5) is 20.2. The summed E-state index contributed by atoms with van der Waals surface area (Å²) < 4.78 is 0. The molecule has 0 heterocycles. The third kappa shape index (κ3) is 4.59. The maximum Gasteiger partial charge on any atom is 0.322 e. The van der Waals surface area contributed by atoms with Gasteiger partial charge in [-0.25, -0.2) is 0 Å². The van der Waals surface area contributed by atoms with Crippen molar-refractivity contribution in [3.63, 3.8) is 0 Å². The molecule has 0 fully saturated rings. The van der Waals surface area contributed by atoms with Gasteiger partial charge >= 0.3 is 5.97 Å². The van der Waals surface area contributed by atoms with Crippen LogP contribution in [0.5, 0.6) is 0 Å². The lowest BCUT2D eigenvalue weighted by Gasteiger charge is -1.94. The average Bonchev–Trinajstić information content (AvgIpc) is 1.85. The fourth-order valence-electron chi connectivity index (χ4n) is 0.309. The summed E-state index contributed by atoms with van der Waals surface area (Å²) in [5.74, 6) is -1.68. The van der Waals surface area contributed by atoms with Gasteiger partial charge in [0.05, 0.1) is 6.07 Å². The number of nitriles is 1. The molecule has 0 aliphatic rings. The van der Waals surface area contributed by atoms with E-state index in [1.54, 1.807) is 6.07 Å². The molecule has 0 aromatic rings. The summed E-state index contributed by atoms with van der Waals surface area (Å²) in [7, 11) is 0. The van der Waals surface area contributed by atoms with Crippen molar-refractivity contribution < 1.29 is 14.7 Å². The third-order valence-corrected chi connectivity index (χ3v) is 0.676. The molecular weight excluding hydrogens is 136 g/mol. The Labute approximate surface area is 57.3 Å². The lowest BCUT2D eigenvalue weighted by atomic mass is 10.4. The van der Waals surface area contributed by atoms with Crippen molar-refractivity contribution in [3.05, 3.63) is 0 Å². The molecule has 54 valence electrons. The van der Waals surface area contributed by atoms with Gasteiger partial charge in [0.25, 0.3) is 0 Å². The Morgan fingerprint density at radius 1 is 1.60 bits per heavy atom. The lowest BCUT2D eigenvalue weighted by molar-refractivity contribution is -0.137. The zero-order valence-corrected chi connectivity index (χ0v) is 5.13. The van der Waals surface area contributed by atoms with Crippen molar-refractivity contribution in [1.82, 2.24) is 5.32 Å². The maximum atomic E-state index is 10.4. The van der Waals surface area contributed by atoms with Crippen LogP contribution in [0.1, 0.15) is 6.42 Å². The molecule has 0 aliphatic heterocycles. The van der Waals surface area contributed by atoms with Gasteiger partial charge in [0, 0.05) is 0 Å². The van der Waals surface area contributed by atoms with E-state index >= 15 is 0 Å². The van der Waals surface area contributed by atoms with E-state index in [1.165, 1.54) is 0 Å². The second-order valence-electron chi connectivity index (χ2n) is 1.51. The van der Waals surface area contributed by atoms with Crippen LogP contribution in [-0.4, -0.2) is 23.5 Å². The molecule has 5 heteroatoms. The SMILES string of the molecule is N#CCC(=O)NCC(=O)O. The van der Waals surface area contributed by atoms with E-state index in [0.717, 1.165) is 0 Å². The molecule has 0 bridgehead atoms. The third-order valence-electron chi connectivity index (χ3n) is 0.676. The van der Waals surface area contributed by atoms with Crippen molar-refractivity contribution in [2.75, 3.05) is 6.54 Å². The van der Waals surface area contributed by atoms with Crippen molar-refractivity contribution in [1.29, 1.82) is 5.26 Å². The Bertz CT molecular complexity index is 182. The molecule has 10 heavy (non-hydrogen) atoms. The van der Waals surface area contributed by atoms with Gasteiger partial charge in [0.1, 0.15) is 13.0 Å². The van der Waals surface area contributed by atoms with Gasteiger partial charge in [-0.2, -0.15) is 5.26 Å². The first-order valence-electron chi connectivity index (χ1n) is 2.52. The van der Waals surface area contributed by atoms with Gasteiger partial charge in [0.15, 0.2) is 0 Å². The molecule has 1 amide bonds. The second-order valence-corrected chi connectivity index (χ2v) is 1.51. The minimum Gasteiger partial charge on any atom is -0.480 e. The van der Waals surface area contributed by atoms with Crippen molar-refractivity contribution in [2.24, 2.45) is 0 Å². The molecule has 5 nitrogen and oxygen atoms in total. The topological polar surface area (TPSA) is 90.2 Å². The van der Waals surface area contributed by atoms with E-state index in [4.69, 9.17) is 10.4 Å². The Hall–Kier alpha value is -1.57. The number of nitrogens with zero attached hydrogens (tertiary/aromatic N) is 1. The van der Waals surface area contributed by atoms with Crippen LogP contribution < -0.4 is 5.32 Å². The summed E-state index contributed by atoms with van der Waals surface area (Å²) in [5, 5.41) is 18.0. The molecule has 0 atom stereocenters. The number of hydrogen-bond acceptors (Lipinski definition) is 3. The monoisotopic (exact) mass is 142 g/mol. The highest BCUT2D eigenvalue weighted by Gasteiger charge is 2.00. The van der Waals surface area contributed by atoms with Gasteiger partial charge in [-0.1, -0.05) is 0 Å². The van der Waals surface area contributed by atoms with Crippen LogP contribution in [0.15, 0.2) is 0 Å². The van der Waals surface area contributed by atoms with Gasteiger partial charge in [-0.05, 0) is 0 Å². The average molecular weight is 142 g/mol. The summed E-state index contributed by atoms with van der Waals surface area (Å²) >= 11 is 0. The van der Waals surface area contributed by atoms with E-state index in [1.807, 2.05) is 5.32 Å². The van der Waals surface area contributed by atoms with Crippen LogP contribution >= 0.6 is 0 Å². The predicted octanol–water partition coefficient (Wildman–Crippen LogP) is -0.899. The molecule has 0 saturated carbocycles. The Balaban J connectivity index is 3.42. The highest BCUT2D eigenvalue weighted by molar-refractivity contribution is 5.82. The molecule has 0 spiro atoms. The van der Waals surface area contributed by atoms with Crippen LogP contribution in [0, 0.1) is 11.3 Å². The number of carboxylic acids is 1. The van der Waals surface area contributed by atoms with Crippen LogP contribution in [0.2, 0.25) is 0 Å². The first-order valence-corrected chi connectivity index (χ1v) is 2.52. The van der Waals surface area contributed by atoms with Crippen LogP contribution in [0.25, 0.3) is 0 Å². The highest BCUT2D eigenvalue weighted by atomic mass is 16.4. The van der Waals surface area contributed by atoms with Crippen molar-refractivity contribution in [3.8, 4) is 6.07 Å². The molecule has 0 aliphatic carbocycles. The standard InChI is InChI=1S/C5H6N2O3/c6-2-1-4(8)7-3-5(9)10/h1,3H2,(H,7,8)(H,9,10). The van der Waals surface area contributed by atoms with Gasteiger partial charge in [0.2, 0.25) is 5.91 Å². The number of hydrogen-bond donors (Lipinski definition) is 2. The largest absolute Gasteiger partial charge is 0.480 e. The first kappa shape index (κ1) is 8.43. The zero-order valence-electron chi connectivity index (χ0n) is 5.13. The fraction of sp³-hybridized carbons (Fsp3) is 0.400. The Kier molecular flexibility index (Phi) is 3.64. The number of rotatable bonds is 3. The molecule has 0 radical (unpaired) electrons. The quantitative estimate of drug-likeness (QED) is 0.534. The number of amides is 1. The Morgan fingerprint density at radius 3 is 2.60 bits per heavy atom. The van der Waals surface area contributed by atoms with E-state index in [9.17, 15) is 9.59 Å². The molecule has 0 saturated heterocycles. The second kappa shape index (κ2) is 4.32. The van der Waals surface area contributed by atoms with Gasteiger partial charge in [-0.3, -0.25) is 9.59 Å². The zero-order chi connectivity index (χ0) is 7.98. The summed E-state index contributed by atoms with van der Waals surface area (Å²) in [6.45, 7) is -0.430. The molecule has 2 N–H and O–H groups in total. The summed E-state index contributed by atoms with van der Waals surface area (Å²) in [5.41, 5.74) is 0. The Morgan fingerprint density at radius 2 is 2.20 bits per heavy atom. The molecule has 0 unspecified atom stereocenters. The van der Waals surface area contributed by atoms with Crippen molar-refractivity contribution in [2.45, 2.75) is 6.42 Å². The fourth-order valence-corrected chi connectivity index (χ4v) is 0.309. The lowest BCUT2D eigenvalue weighted by Crippen LogP contribution is -2.28. The molecule has 0 aromatic carbocycles. The van der Waals surface area contributed by atoms with E-state index in [-0.39, 0.29) is 6.42 Å². The predicted molar refractivity (Wildman–Crippen MR) is 30.9 cm³/mol. The van der Waals surface area contributed by atoms with Crippen LogP contribution in [0.4, 0.5) is 0 Å². The van der Waals surface area contributed by atoms with E-state index in [2.05, 4.69) is 0 Å². The summed E-state index contributed by atoms with van der Waals surface area (Å²) in [6, 6.07) is 1.59. The number of carbonyl (C=O) groups is 2. The van der Waals surface area contributed by atoms with Crippen LogP contribution in [-0.2, 0) is 9.59 Å². The number of carbonyl (C=O) groups excluding carboxylic acids is 1. The smallest absolute Gasteiger partial charge is 0.322 e. The van der Waals surface area contributed by atoms with Crippen molar-refractivity contribution >= 4 is 11.9 Å². The van der Waals surface area contributed by atoms with E-state index in [0.29, 0.717) is 0 Å². The highest BCUT2D eigenvalue weighted by Crippen LogP contribution is 1.73. The number of carboxylic acid groups (broad SMARTS) is 1. The molecule has 0 aromatic heterocycles. The van der Waals surface area contributed by atoms with Gasteiger partial charge < -0.3 is 10.4 Å². The normalized spacial score (nSPS) is 7.90. The first-order chi connectivity index (χ1) is 4.66. The maximum absolute atomic E-state index is 10.4. The molecule has 0 rings (SSSR count). The summed E-state index contributed by atoms with van der Waals surface area (Å²) in [6.07, 6.45) is -0.298. The van der Waals surface area contributed by atoms with Crippen LogP contribution in [0.3, 0.4) is 0 Å². The minimum absolute atomic E-state index is 0.298. The minimum atomic E-state index is -1.12. The number of aliphatic carboxylic acids is 1. The van der Waals surface area contributed by atoms with E-state index < -0.39 is 18.4 Å². The van der Waals surface area contributed by atoms with Gasteiger partial charge in [-0.15, -0.1) is 0 Å². The molecular formula is C5H6N2O3. The number of nitrogens with one attached hydrogen (secondary N) is 1.